The lowest BCUT2D eigenvalue weighted by Crippen LogP contribution is -2.45. The first kappa shape index (κ1) is 17.5. The number of hydrogen-bond acceptors (Lipinski definition) is 5. The van der Waals surface area contributed by atoms with E-state index < -0.39 is 0 Å². The number of nitrogens with one attached hydrogen (secondary N) is 2. The molecule has 0 saturated carbocycles. The molecule has 4 rings (SSSR count). The van der Waals surface area contributed by atoms with Crippen molar-refractivity contribution in [3.05, 3.63) is 47.0 Å². The summed E-state index contributed by atoms with van der Waals surface area (Å²) in [5, 5.41) is 5.96. The standard InChI is InChI=1S/C20H23N3O4/c1-12-5-4-6-14(9-12)21-20(24)22-19-16-13(7-8-23(19)2)10-15-17(18(16)25-3)27-11-26-15/h4-6,9-10,19H,7-8,11H2,1-3H3,(H2,21,22,24). The van der Waals surface area contributed by atoms with Crippen molar-refractivity contribution < 1.29 is 19.0 Å². The number of aryl methyl sites for hydroxylation is 1. The quantitative estimate of drug-likeness (QED) is 0.870. The van der Waals surface area contributed by atoms with Crippen LogP contribution in [0, 0.1) is 6.92 Å². The van der Waals surface area contributed by atoms with E-state index in [0.29, 0.717) is 17.2 Å². The van der Waals surface area contributed by atoms with E-state index in [1.807, 2.05) is 44.3 Å². The average molecular weight is 369 g/mol. The molecule has 0 fully saturated rings. The Bertz CT molecular complexity index is 884. The molecule has 0 bridgehead atoms. The van der Waals surface area contributed by atoms with E-state index in [2.05, 4.69) is 15.5 Å². The zero-order valence-electron chi connectivity index (χ0n) is 15.7. The normalized spacial score (nSPS) is 18.0. The first-order valence-corrected chi connectivity index (χ1v) is 8.90. The van der Waals surface area contributed by atoms with Gasteiger partial charge >= 0.3 is 6.03 Å². The van der Waals surface area contributed by atoms with Gasteiger partial charge in [-0.25, -0.2) is 4.79 Å². The lowest BCUT2D eigenvalue weighted by Gasteiger charge is -2.36. The SMILES string of the molecule is COc1c2c(cc3c1C(NC(=O)Nc1cccc(C)c1)N(C)CC3)OCO2. The van der Waals surface area contributed by atoms with Gasteiger partial charge in [-0.05, 0) is 49.7 Å². The summed E-state index contributed by atoms with van der Waals surface area (Å²) in [7, 11) is 3.58. The highest BCUT2D eigenvalue weighted by Crippen LogP contribution is 2.48. The van der Waals surface area contributed by atoms with E-state index >= 15 is 0 Å². The first-order valence-electron chi connectivity index (χ1n) is 8.90. The third-order valence-corrected chi connectivity index (χ3v) is 4.94. The molecule has 2 amide bonds. The lowest BCUT2D eigenvalue weighted by molar-refractivity contribution is 0.169. The molecule has 142 valence electrons. The Labute approximate surface area is 158 Å². The second-order valence-electron chi connectivity index (χ2n) is 6.82. The molecule has 0 saturated heterocycles. The summed E-state index contributed by atoms with van der Waals surface area (Å²) in [6.07, 6.45) is 0.513. The molecule has 0 radical (unpaired) electrons. The second kappa shape index (κ2) is 7.00. The predicted molar refractivity (Wildman–Crippen MR) is 102 cm³/mol. The van der Waals surface area contributed by atoms with E-state index in [-0.39, 0.29) is 19.0 Å². The minimum Gasteiger partial charge on any atom is -0.492 e. The van der Waals surface area contributed by atoms with Crippen molar-refractivity contribution in [2.75, 3.05) is 32.8 Å². The highest BCUT2D eigenvalue weighted by Gasteiger charge is 2.34. The highest BCUT2D eigenvalue weighted by atomic mass is 16.7. The smallest absolute Gasteiger partial charge is 0.320 e. The predicted octanol–water partition coefficient (Wildman–Crippen LogP) is 3.04. The van der Waals surface area contributed by atoms with Crippen LogP contribution in [0.15, 0.2) is 30.3 Å². The Morgan fingerprint density at radius 3 is 2.93 bits per heavy atom. The largest absolute Gasteiger partial charge is 0.492 e. The van der Waals surface area contributed by atoms with Crippen molar-refractivity contribution in [1.29, 1.82) is 0 Å². The number of rotatable bonds is 3. The molecule has 2 aromatic carbocycles. The summed E-state index contributed by atoms with van der Waals surface area (Å²) < 4.78 is 16.8. The van der Waals surface area contributed by atoms with Gasteiger partial charge in [0.1, 0.15) is 6.17 Å². The number of nitrogens with zero attached hydrogens (tertiary/aromatic N) is 1. The molecule has 2 aliphatic rings. The molecule has 1 unspecified atom stereocenters. The molecule has 2 heterocycles. The summed E-state index contributed by atoms with van der Waals surface area (Å²) in [4.78, 5) is 14.7. The fourth-order valence-electron chi connectivity index (χ4n) is 3.63. The fraction of sp³-hybridized carbons (Fsp3) is 0.350. The fourth-order valence-corrected chi connectivity index (χ4v) is 3.63. The van der Waals surface area contributed by atoms with Crippen molar-refractivity contribution in [2.45, 2.75) is 19.5 Å². The maximum absolute atomic E-state index is 12.6. The van der Waals surface area contributed by atoms with Gasteiger partial charge in [-0.15, -0.1) is 0 Å². The van der Waals surface area contributed by atoms with E-state index in [1.165, 1.54) is 0 Å². The maximum atomic E-state index is 12.6. The maximum Gasteiger partial charge on any atom is 0.320 e. The third kappa shape index (κ3) is 3.26. The summed E-state index contributed by atoms with van der Waals surface area (Å²) >= 11 is 0. The topological polar surface area (TPSA) is 72.1 Å². The van der Waals surface area contributed by atoms with E-state index in [9.17, 15) is 4.79 Å². The summed E-state index contributed by atoms with van der Waals surface area (Å²) in [6, 6.07) is 9.41. The van der Waals surface area contributed by atoms with Gasteiger partial charge in [-0.2, -0.15) is 0 Å². The molecular formula is C20H23N3O4. The Kier molecular flexibility index (Phi) is 4.53. The van der Waals surface area contributed by atoms with Gasteiger partial charge in [0.2, 0.25) is 12.5 Å². The van der Waals surface area contributed by atoms with Gasteiger partial charge in [0.15, 0.2) is 11.5 Å². The Balaban J connectivity index is 1.63. The summed E-state index contributed by atoms with van der Waals surface area (Å²) in [6.45, 7) is 2.98. The molecule has 2 N–H and O–H groups in total. The van der Waals surface area contributed by atoms with E-state index in [1.54, 1.807) is 7.11 Å². The van der Waals surface area contributed by atoms with Crippen LogP contribution in [0.2, 0.25) is 0 Å². The van der Waals surface area contributed by atoms with Gasteiger partial charge in [-0.1, -0.05) is 12.1 Å². The number of ether oxygens (including phenoxy) is 3. The van der Waals surface area contributed by atoms with Crippen molar-refractivity contribution in [2.24, 2.45) is 0 Å². The molecule has 2 aliphatic heterocycles. The van der Waals surface area contributed by atoms with Crippen LogP contribution in [0.4, 0.5) is 10.5 Å². The number of hydrogen-bond donors (Lipinski definition) is 2. The zero-order valence-corrected chi connectivity index (χ0v) is 15.7. The number of benzene rings is 2. The average Bonchev–Trinajstić information content (AvgIpc) is 3.10. The van der Waals surface area contributed by atoms with Crippen LogP contribution < -0.4 is 24.8 Å². The third-order valence-electron chi connectivity index (χ3n) is 4.94. The van der Waals surface area contributed by atoms with Crippen LogP contribution in [0.5, 0.6) is 17.2 Å². The molecule has 7 nitrogen and oxygen atoms in total. The summed E-state index contributed by atoms with van der Waals surface area (Å²) in [5.74, 6) is 1.91. The number of methoxy groups -OCH3 is 1. The number of fused-ring (bicyclic) bond motifs is 2. The van der Waals surface area contributed by atoms with Gasteiger partial charge < -0.3 is 24.8 Å². The number of likely N-dealkylation sites (N-methyl/N-ethyl adjacent to an activating group) is 1. The molecule has 27 heavy (non-hydrogen) atoms. The minimum absolute atomic E-state index is 0.177. The van der Waals surface area contributed by atoms with Crippen LogP contribution in [-0.2, 0) is 6.42 Å². The Hall–Kier alpha value is -2.93. The molecule has 0 aliphatic carbocycles. The van der Waals surface area contributed by atoms with Gasteiger partial charge in [0, 0.05) is 17.8 Å². The minimum atomic E-state index is -0.331. The van der Waals surface area contributed by atoms with Crippen molar-refractivity contribution >= 4 is 11.7 Å². The van der Waals surface area contributed by atoms with Crippen LogP contribution in [0.1, 0.15) is 22.9 Å². The monoisotopic (exact) mass is 369 g/mol. The molecule has 7 heteroatoms. The van der Waals surface area contributed by atoms with E-state index in [4.69, 9.17) is 14.2 Å². The van der Waals surface area contributed by atoms with Gasteiger partial charge in [0.05, 0.1) is 7.11 Å². The molecular weight excluding hydrogens is 346 g/mol. The van der Waals surface area contributed by atoms with Crippen molar-refractivity contribution in [1.82, 2.24) is 10.2 Å². The number of anilines is 1. The Morgan fingerprint density at radius 1 is 1.30 bits per heavy atom. The lowest BCUT2D eigenvalue weighted by atomic mass is 9.95. The molecule has 1 atom stereocenters. The summed E-state index contributed by atoms with van der Waals surface area (Å²) in [5.41, 5.74) is 3.84. The van der Waals surface area contributed by atoms with Crippen LogP contribution in [0.25, 0.3) is 0 Å². The second-order valence-corrected chi connectivity index (χ2v) is 6.82. The van der Waals surface area contributed by atoms with Crippen LogP contribution in [-0.4, -0.2) is 38.4 Å². The van der Waals surface area contributed by atoms with Crippen molar-refractivity contribution in [3.63, 3.8) is 0 Å². The van der Waals surface area contributed by atoms with Crippen molar-refractivity contribution in [3.8, 4) is 17.2 Å². The number of carbonyl (C=O) groups excluding carboxylic acids is 1. The van der Waals surface area contributed by atoms with Gasteiger partial charge in [0.25, 0.3) is 0 Å². The molecule has 0 spiro atoms. The zero-order chi connectivity index (χ0) is 19.0. The van der Waals surface area contributed by atoms with Crippen LogP contribution >= 0.6 is 0 Å². The highest BCUT2D eigenvalue weighted by molar-refractivity contribution is 5.89. The number of urea groups is 1. The molecule has 2 aromatic rings. The first-order chi connectivity index (χ1) is 13.1. The number of amides is 2. The van der Waals surface area contributed by atoms with E-state index in [0.717, 1.165) is 35.3 Å². The van der Waals surface area contributed by atoms with Gasteiger partial charge in [-0.3, -0.25) is 4.90 Å². The Morgan fingerprint density at radius 2 is 2.15 bits per heavy atom. The van der Waals surface area contributed by atoms with Crippen LogP contribution in [0.3, 0.4) is 0 Å². The number of carbonyl (C=O) groups is 1. The molecule has 0 aromatic heterocycles.